The van der Waals surface area contributed by atoms with Gasteiger partial charge in [0.05, 0.1) is 17.1 Å². The lowest BCUT2D eigenvalue weighted by Crippen LogP contribution is -2.30. The van der Waals surface area contributed by atoms with Gasteiger partial charge < -0.3 is 10.3 Å². The molecule has 1 heterocycles. The van der Waals surface area contributed by atoms with Crippen LogP contribution in [-0.4, -0.2) is 10.5 Å². The van der Waals surface area contributed by atoms with Gasteiger partial charge in [0.15, 0.2) is 0 Å². The number of carbonyl (C=O) groups excluding carboxylic acids is 1. The number of benzene rings is 1. The Balaban J connectivity index is 2.51. The molecule has 0 atom stereocenters. The smallest absolute Gasteiger partial charge is 0.252 e. The van der Waals surface area contributed by atoms with E-state index in [9.17, 15) is 9.18 Å². The molecule has 2 aromatic rings. The summed E-state index contributed by atoms with van der Waals surface area (Å²) < 4.78 is 15.1. The summed E-state index contributed by atoms with van der Waals surface area (Å²) >= 11 is 5.90. The van der Waals surface area contributed by atoms with Crippen molar-refractivity contribution in [3.05, 3.63) is 63.5 Å². The van der Waals surface area contributed by atoms with Crippen molar-refractivity contribution < 1.29 is 9.18 Å². The fraction of sp³-hybridized carbons (Fsp3) is 0.143. The first-order chi connectivity index (χ1) is 9.38. The van der Waals surface area contributed by atoms with E-state index in [1.807, 2.05) is 6.92 Å². The summed E-state index contributed by atoms with van der Waals surface area (Å²) in [6.07, 6.45) is 1.47. The zero-order valence-corrected chi connectivity index (χ0v) is 11.5. The van der Waals surface area contributed by atoms with Crippen molar-refractivity contribution in [3.8, 4) is 0 Å². The molecule has 0 aliphatic carbocycles. The highest BCUT2D eigenvalue weighted by Gasteiger charge is 2.10. The van der Waals surface area contributed by atoms with Gasteiger partial charge in [-0.25, -0.2) is 4.39 Å². The van der Waals surface area contributed by atoms with Crippen LogP contribution in [0.25, 0.3) is 0 Å². The number of primary amides is 1. The van der Waals surface area contributed by atoms with E-state index < -0.39 is 5.91 Å². The highest BCUT2D eigenvalue weighted by molar-refractivity contribution is 6.30. The molecule has 1 amide bonds. The maximum Gasteiger partial charge on any atom is 0.252 e. The number of hydrogen-bond acceptors (Lipinski definition) is 2. The van der Waals surface area contributed by atoms with Crippen LogP contribution in [0.15, 0.2) is 30.5 Å². The van der Waals surface area contributed by atoms with Crippen LogP contribution in [0.5, 0.6) is 0 Å². The number of nitrogens with one attached hydrogen (secondary N) is 1. The van der Waals surface area contributed by atoms with E-state index in [-0.39, 0.29) is 28.4 Å². The number of nitrogens with two attached hydrogens (primary N) is 1. The third kappa shape index (κ3) is 2.88. The van der Waals surface area contributed by atoms with Gasteiger partial charge in [-0.05, 0) is 19.1 Å². The van der Waals surface area contributed by atoms with Crippen molar-refractivity contribution in [2.24, 2.45) is 5.73 Å². The van der Waals surface area contributed by atoms with Gasteiger partial charge in [-0.2, -0.15) is 0 Å². The normalized spacial score (nSPS) is 10.6. The molecule has 0 saturated heterocycles. The van der Waals surface area contributed by atoms with Crippen molar-refractivity contribution in [3.63, 3.8) is 0 Å². The Morgan fingerprint density at radius 3 is 2.80 bits per heavy atom. The highest BCUT2D eigenvalue weighted by atomic mass is 35.5. The van der Waals surface area contributed by atoms with Crippen LogP contribution in [0.1, 0.15) is 21.5 Å². The van der Waals surface area contributed by atoms with E-state index in [0.29, 0.717) is 5.56 Å². The third-order valence-electron chi connectivity index (χ3n) is 2.91. The Bertz CT molecular complexity index is 740. The summed E-state index contributed by atoms with van der Waals surface area (Å²) in [6, 6.07) is 6.05. The number of halogens is 2. The number of aryl methyl sites for hydroxylation is 1. The zero-order chi connectivity index (χ0) is 14.9. The van der Waals surface area contributed by atoms with Crippen molar-refractivity contribution in [1.29, 1.82) is 5.41 Å². The fourth-order valence-corrected chi connectivity index (χ4v) is 2.16. The van der Waals surface area contributed by atoms with E-state index in [2.05, 4.69) is 0 Å². The molecule has 6 heteroatoms. The molecule has 0 aliphatic heterocycles. The van der Waals surface area contributed by atoms with Gasteiger partial charge in [0, 0.05) is 11.8 Å². The quantitative estimate of drug-likeness (QED) is 0.895. The molecule has 3 N–H and O–H groups in total. The van der Waals surface area contributed by atoms with Crippen LogP contribution in [0.2, 0.25) is 5.02 Å². The number of pyridine rings is 1. The Hall–Kier alpha value is -2.14. The largest absolute Gasteiger partial charge is 0.365 e. The maximum atomic E-state index is 13.7. The topological polar surface area (TPSA) is 71.9 Å². The van der Waals surface area contributed by atoms with Crippen molar-refractivity contribution in [1.82, 2.24) is 4.57 Å². The summed E-state index contributed by atoms with van der Waals surface area (Å²) in [7, 11) is 0. The van der Waals surface area contributed by atoms with E-state index in [4.69, 9.17) is 22.7 Å². The number of nitrogens with zero attached hydrogens (tertiary/aromatic N) is 1. The predicted molar refractivity (Wildman–Crippen MR) is 74.1 cm³/mol. The monoisotopic (exact) mass is 293 g/mol. The van der Waals surface area contributed by atoms with Gasteiger partial charge in [0.1, 0.15) is 11.3 Å². The van der Waals surface area contributed by atoms with Crippen molar-refractivity contribution >= 4 is 17.5 Å². The molecule has 104 valence electrons. The molecule has 1 aromatic carbocycles. The first kappa shape index (κ1) is 14.3. The lowest BCUT2D eigenvalue weighted by molar-refractivity contribution is 0.0998. The van der Waals surface area contributed by atoms with Gasteiger partial charge in [0.25, 0.3) is 5.91 Å². The van der Waals surface area contributed by atoms with E-state index >= 15 is 0 Å². The summed E-state index contributed by atoms with van der Waals surface area (Å²) in [5, 5.41) is 8.19. The molecule has 4 nitrogen and oxygen atoms in total. The lowest BCUT2D eigenvalue weighted by Gasteiger charge is -2.11. The number of carbonyl (C=O) groups is 1. The first-order valence-corrected chi connectivity index (χ1v) is 6.25. The molecule has 0 fully saturated rings. The number of hydrogen-bond donors (Lipinski definition) is 2. The van der Waals surface area contributed by atoms with Crippen LogP contribution in [-0.2, 0) is 6.54 Å². The van der Waals surface area contributed by atoms with Crippen molar-refractivity contribution in [2.45, 2.75) is 13.5 Å². The van der Waals surface area contributed by atoms with Gasteiger partial charge >= 0.3 is 0 Å². The molecule has 0 saturated carbocycles. The van der Waals surface area contributed by atoms with E-state index in [1.165, 1.54) is 22.9 Å². The zero-order valence-electron chi connectivity index (χ0n) is 10.8. The second-order valence-corrected chi connectivity index (χ2v) is 4.94. The first-order valence-electron chi connectivity index (χ1n) is 5.88. The van der Waals surface area contributed by atoms with Gasteiger partial charge in [0.2, 0.25) is 0 Å². The Morgan fingerprint density at radius 2 is 2.15 bits per heavy atom. The fourth-order valence-electron chi connectivity index (χ4n) is 1.93. The van der Waals surface area contributed by atoms with Crippen LogP contribution in [0, 0.1) is 18.2 Å². The third-order valence-corrected chi connectivity index (χ3v) is 3.12. The number of aromatic nitrogens is 1. The Kier molecular flexibility index (Phi) is 3.90. The standard InChI is InChI=1S/C14H13ClFN3O/c1-8-2-3-12(16)9(4-8)6-19-7-10(15)5-11(13(19)17)14(18)20/h2-5,7,17H,6H2,1H3,(H2,18,20). The lowest BCUT2D eigenvalue weighted by atomic mass is 10.1. The number of amides is 1. The molecule has 0 spiro atoms. The Morgan fingerprint density at radius 1 is 1.45 bits per heavy atom. The molecule has 0 unspecified atom stereocenters. The molecular weight excluding hydrogens is 281 g/mol. The second-order valence-electron chi connectivity index (χ2n) is 4.51. The van der Waals surface area contributed by atoms with Crippen molar-refractivity contribution in [2.75, 3.05) is 0 Å². The van der Waals surface area contributed by atoms with Gasteiger partial charge in [-0.3, -0.25) is 10.2 Å². The van der Waals surface area contributed by atoms with E-state index in [1.54, 1.807) is 12.1 Å². The number of rotatable bonds is 3. The minimum absolute atomic E-state index is 0.00515. The minimum atomic E-state index is -0.740. The van der Waals surface area contributed by atoms with Crippen LogP contribution >= 0.6 is 11.6 Å². The SMILES string of the molecule is Cc1ccc(F)c(Cn2cc(Cl)cc(C(N)=O)c2=N)c1. The van der Waals surface area contributed by atoms with Crippen LogP contribution < -0.4 is 11.2 Å². The summed E-state index contributed by atoms with van der Waals surface area (Å²) in [4.78, 5) is 11.3. The highest BCUT2D eigenvalue weighted by Crippen LogP contribution is 2.13. The summed E-state index contributed by atoms with van der Waals surface area (Å²) in [6.45, 7) is 1.95. The Labute approximate surface area is 120 Å². The van der Waals surface area contributed by atoms with Crippen LogP contribution in [0.4, 0.5) is 4.39 Å². The predicted octanol–water partition coefficient (Wildman–Crippen LogP) is 2.22. The summed E-state index contributed by atoms with van der Waals surface area (Å²) in [5.74, 6) is -1.11. The molecule has 0 aliphatic rings. The van der Waals surface area contributed by atoms with Gasteiger partial charge in [-0.1, -0.05) is 29.3 Å². The molecule has 2 rings (SSSR count). The maximum absolute atomic E-state index is 13.7. The van der Waals surface area contributed by atoms with Gasteiger partial charge in [-0.15, -0.1) is 0 Å². The molecule has 20 heavy (non-hydrogen) atoms. The molecule has 1 aromatic heterocycles. The second kappa shape index (κ2) is 5.46. The molecular formula is C14H13ClFN3O. The van der Waals surface area contributed by atoms with E-state index in [0.717, 1.165) is 5.56 Å². The minimum Gasteiger partial charge on any atom is -0.365 e. The molecule has 0 bridgehead atoms. The molecule has 0 radical (unpaired) electrons. The average Bonchev–Trinajstić information content (AvgIpc) is 2.37. The average molecular weight is 294 g/mol. The summed E-state index contributed by atoms with van der Waals surface area (Å²) in [5.41, 5.74) is 6.43. The van der Waals surface area contributed by atoms with Crippen LogP contribution in [0.3, 0.4) is 0 Å².